The fraction of sp³-hybridized carbons (Fsp3) is 0.462. The maximum atomic E-state index is 11.5. The van der Waals surface area contributed by atoms with Crippen LogP contribution >= 0.6 is 0 Å². The molecule has 2 rings (SSSR count). The zero-order chi connectivity index (χ0) is 12.1. The Labute approximate surface area is 101 Å². The van der Waals surface area contributed by atoms with E-state index >= 15 is 0 Å². The van der Waals surface area contributed by atoms with E-state index in [0.717, 1.165) is 0 Å². The molecule has 0 aliphatic carbocycles. The summed E-state index contributed by atoms with van der Waals surface area (Å²) < 4.78 is 10.4. The standard InChI is InChI=1S/C13H17NO3/c1-2-17-13(15)8-14-10-16-9-12(14)11-6-4-3-5-7-11/h3-7,12H,2,8-10H2,1H3. The maximum Gasteiger partial charge on any atom is 0.320 e. The van der Waals surface area contributed by atoms with Gasteiger partial charge in [-0.05, 0) is 12.5 Å². The van der Waals surface area contributed by atoms with Gasteiger partial charge < -0.3 is 9.47 Å². The van der Waals surface area contributed by atoms with Crippen molar-refractivity contribution >= 4 is 5.97 Å². The van der Waals surface area contributed by atoms with Gasteiger partial charge in [-0.3, -0.25) is 9.69 Å². The van der Waals surface area contributed by atoms with E-state index < -0.39 is 0 Å². The average Bonchev–Trinajstić information content (AvgIpc) is 2.78. The van der Waals surface area contributed by atoms with Crippen LogP contribution in [0.3, 0.4) is 0 Å². The first-order chi connectivity index (χ1) is 8.31. The predicted molar refractivity (Wildman–Crippen MR) is 63.3 cm³/mol. The van der Waals surface area contributed by atoms with Crippen molar-refractivity contribution in [2.45, 2.75) is 13.0 Å². The highest BCUT2D eigenvalue weighted by atomic mass is 16.5. The number of hydrogen-bond acceptors (Lipinski definition) is 4. The van der Waals surface area contributed by atoms with Gasteiger partial charge in [0.1, 0.15) is 6.73 Å². The number of carbonyl (C=O) groups excluding carboxylic acids is 1. The molecule has 1 aromatic carbocycles. The predicted octanol–water partition coefficient (Wildman–Crippen LogP) is 1.58. The Morgan fingerprint density at radius 2 is 2.24 bits per heavy atom. The van der Waals surface area contributed by atoms with Crippen LogP contribution in [0.15, 0.2) is 30.3 Å². The molecule has 0 spiro atoms. The van der Waals surface area contributed by atoms with Crippen LogP contribution in [-0.2, 0) is 14.3 Å². The number of esters is 1. The van der Waals surface area contributed by atoms with Crippen LogP contribution in [0.25, 0.3) is 0 Å². The van der Waals surface area contributed by atoms with Gasteiger partial charge in [-0.2, -0.15) is 0 Å². The second-order valence-corrected chi connectivity index (χ2v) is 3.98. The first-order valence-electron chi connectivity index (χ1n) is 5.83. The Bertz CT molecular complexity index is 366. The number of benzene rings is 1. The van der Waals surface area contributed by atoms with Gasteiger partial charge in [0.15, 0.2) is 0 Å². The Balaban J connectivity index is 2.00. The smallest absolute Gasteiger partial charge is 0.320 e. The lowest BCUT2D eigenvalue weighted by Gasteiger charge is -2.21. The monoisotopic (exact) mass is 235 g/mol. The minimum Gasteiger partial charge on any atom is -0.465 e. The van der Waals surface area contributed by atoms with Crippen LogP contribution in [-0.4, -0.2) is 37.4 Å². The lowest BCUT2D eigenvalue weighted by Crippen LogP contribution is -2.31. The van der Waals surface area contributed by atoms with Crippen LogP contribution in [0.1, 0.15) is 18.5 Å². The summed E-state index contributed by atoms with van der Waals surface area (Å²) in [4.78, 5) is 13.4. The lowest BCUT2D eigenvalue weighted by atomic mass is 10.1. The Morgan fingerprint density at radius 1 is 1.47 bits per heavy atom. The number of hydrogen-bond donors (Lipinski definition) is 0. The summed E-state index contributed by atoms with van der Waals surface area (Å²) in [6, 6.07) is 10.2. The zero-order valence-corrected chi connectivity index (χ0v) is 9.96. The SMILES string of the molecule is CCOC(=O)CN1COCC1c1ccccc1. The summed E-state index contributed by atoms with van der Waals surface area (Å²) in [5.41, 5.74) is 1.18. The number of rotatable bonds is 4. The molecule has 1 heterocycles. The molecule has 0 radical (unpaired) electrons. The molecule has 0 aromatic heterocycles. The Hall–Kier alpha value is -1.39. The van der Waals surface area contributed by atoms with E-state index in [0.29, 0.717) is 19.9 Å². The molecule has 0 N–H and O–H groups in total. The summed E-state index contributed by atoms with van der Waals surface area (Å²) in [7, 11) is 0. The Morgan fingerprint density at radius 3 is 2.94 bits per heavy atom. The van der Waals surface area contributed by atoms with E-state index in [1.807, 2.05) is 30.0 Å². The van der Waals surface area contributed by atoms with Gasteiger partial charge in [0, 0.05) is 0 Å². The van der Waals surface area contributed by atoms with Gasteiger partial charge in [-0.25, -0.2) is 0 Å². The van der Waals surface area contributed by atoms with Crippen molar-refractivity contribution in [3.63, 3.8) is 0 Å². The van der Waals surface area contributed by atoms with Crippen LogP contribution in [0, 0.1) is 0 Å². The second-order valence-electron chi connectivity index (χ2n) is 3.98. The number of carbonyl (C=O) groups is 1. The third kappa shape index (κ3) is 3.05. The molecule has 1 fully saturated rings. The summed E-state index contributed by atoms with van der Waals surface area (Å²) >= 11 is 0. The Kier molecular flexibility index (Phi) is 4.12. The highest BCUT2D eigenvalue weighted by Gasteiger charge is 2.28. The van der Waals surface area contributed by atoms with Crippen LogP contribution in [0.4, 0.5) is 0 Å². The van der Waals surface area contributed by atoms with Gasteiger partial charge in [0.05, 0.1) is 25.8 Å². The van der Waals surface area contributed by atoms with E-state index in [4.69, 9.17) is 9.47 Å². The van der Waals surface area contributed by atoms with E-state index in [-0.39, 0.29) is 18.6 Å². The minimum atomic E-state index is -0.195. The maximum absolute atomic E-state index is 11.5. The highest BCUT2D eigenvalue weighted by Crippen LogP contribution is 2.25. The van der Waals surface area contributed by atoms with Crippen molar-refractivity contribution in [1.82, 2.24) is 4.90 Å². The zero-order valence-electron chi connectivity index (χ0n) is 9.96. The molecule has 1 aliphatic rings. The van der Waals surface area contributed by atoms with Crippen molar-refractivity contribution in [3.05, 3.63) is 35.9 Å². The molecule has 4 heteroatoms. The molecule has 1 saturated heterocycles. The molecule has 1 unspecified atom stereocenters. The lowest BCUT2D eigenvalue weighted by molar-refractivity contribution is -0.145. The van der Waals surface area contributed by atoms with Gasteiger partial charge >= 0.3 is 5.97 Å². The van der Waals surface area contributed by atoms with E-state index in [9.17, 15) is 4.79 Å². The summed E-state index contributed by atoms with van der Waals surface area (Å²) in [5, 5.41) is 0. The number of ether oxygens (including phenoxy) is 2. The summed E-state index contributed by atoms with van der Waals surface area (Å²) in [5.74, 6) is -0.195. The fourth-order valence-corrected chi connectivity index (χ4v) is 1.99. The van der Waals surface area contributed by atoms with Crippen molar-refractivity contribution in [3.8, 4) is 0 Å². The fourth-order valence-electron chi connectivity index (χ4n) is 1.99. The van der Waals surface area contributed by atoms with Crippen LogP contribution in [0.5, 0.6) is 0 Å². The van der Waals surface area contributed by atoms with Crippen molar-refractivity contribution in [2.75, 3.05) is 26.5 Å². The molecule has 1 aliphatic heterocycles. The topological polar surface area (TPSA) is 38.8 Å². The van der Waals surface area contributed by atoms with E-state index in [1.165, 1.54) is 5.56 Å². The van der Waals surface area contributed by atoms with Gasteiger partial charge in [-0.15, -0.1) is 0 Å². The molecule has 1 aromatic rings. The molecule has 4 nitrogen and oxygen atoms in total. The van der Waals surface area contributed by atoms with Crippen LogP contribution in [0.2, 0.25) is 0 Å². The normalized spacial score (nSPS) is 20.4. The number of nitrogens with zero attached hydrogens (tertiary/aromatic N) is 1. The molecule has 17 heavy (non-hydrogen) atoms. The van der Waals surface area contributed by atoms with Gasteiger partial charge in [0.25, 0.3) is 0 Å². The van der Waals surface area contributed by atoms with E-state index in [2.05, 4.69) is 12.1 Å². The quantitative estimate of drug-likeness (QED) is 0.743. The van der Waals surface area contributed by atoms with Gasteiger partial charge in [0.2, 0.25) is 0 Å². The third-order valence-electron chi connectivity index (χ3n) is 2.80. The van der Waals surface area contributed by atoms with Gasteiger partial charge in [-0.1, -0.05) is 30.3 Å². The first-order valence-corrected chi connectivity index (χ1v) is 5.83. The molecule has 92 valence electrons. The summed E-state index contributed by atoms with van der Waals surface area (Å²) in [6.07, 6.45) is 0. The highest BCUT2D eigenvalue weighted by molar-refractivity contribution is 5.71. The van der Waals surface area contributed by atoms with Crippen LogP contribution < -0.4 is 0 Å². The molecule has 0 amide bonds. The molecular weight excluding hydrogens is 218 g/mol. The minimum absolute atomic E-state index is 0.153. The van der Waals surface area contributed by atoms with Crippen molar-refractivity contribution in [1.29, 1.82) is 0 Å². The second kappa shape index (κ2) is 5.80. The molecular formula is C13H17NO3. The first kappa shape index (κ1) is 12.1. The third-order valence-corrected chi connectivity index (χ3v) is 2.80. The van der Waals surface area contributed by atoms with Crippen molar-refractivity contribution < 1.29 is 14.3 Å². The summed E-state index contributed by atoms with van der Waals surface area (Å²) in [6.45, 7) is 3.63. The molecule has 0 saturated carbocycles. The van der Waals surface area contributed by atoms with E-state index in [1.54, 1.807) is 0 Å². The molecule has 1 atom stereocenters. The largest absolute Gasteiger partial charge is 0.465 e. The molecule has 0 bridgehead atoms. The van der Waals surface area contributed by atoms with Crippen molar-refractivity contribution in [2.24, 2.45) is 0 Å². The average molecular weight is 235 g/mol.